The third kappa shape index (κ3) is 8.21. The van der Waals surface area contributed by atoms with Crippen LogP contribution in [0.25, 0.3) is 0 Å². The number of imidazole rings is 1. The van der Waals surface area contributed by atoms with E-state index in [0.29, 0.717) is 36.5 Å². The fourth-order valence-electron chi connectivity index (χ4n) is 4.51. The molecule has 3 aromatic rings. The largest absolute Gasteiger partial charge is 0.391 e. The quantitative estimate of drug-likeness (QED) is 0.303. The summed E-state index contributed by atoms with van der Waals surface area (Å²) in [5.41, 5.74) is 1.74. The minimum Gasteiger partial charge on any atom is -0.391 e. The Balaban J connectivity index is 1.83. The minimum absolute atomic E-state index is 0.0120. The van der Waals surface area contributed by atoms with Gasteiger partial charge < -0.3 is 20.3 Å². The number of hydrogen-bond donors (Lipinski definition) is 3. The second-order valence-electron chi connectivity index (χ2n) is 9.58. The second kappa shape index (κ2) is 13.8. The van der Waals surface area contributed by atoms with E-state index in [2.05, 4.69) is 15.3 Å². The van der Waals surface area contributed by atoms with E-state index in [9.17, 15) is 23.5 Å². The van der Waals surface area contributed by atoms with Gasteiger partial charge in [-0.05, 0) is 74.1 Å². The van der Waals surface area contributed by atoms with Gasteiger partial charge in [0.05, 0.1) is 12.1 Å². The van der Waals surface area contributed by atoms with Crippen molar-refractivity contribution in [3.63, 3.8) is 0 Å². The van der Waals surface area contributed by atoms with Crippen LogP contribution in [0, 0.1) is 18.6 Å². The molecule has 2 atom stereocenters. The Bertz CT molecular complexity index is 1190. The van der Waals surface area contributed by atoms with Crippen LogP contribution in [0.5, 0.6) is 0 Å². The number of aliphatic hydroxyl groups excluding tert-OH is 1. The first-order valence-corrected chi connectivity index (χ1v) is 13.0. The molecule has 9 heteroatoms. The van der Waals surface area contributed by atoms with Gasteiger partial charge in [-0.1, -0.05) is 13.8 Å². The van der Waals surface area contributed by atoms with Gasteiger partial charge in [0.1, 0.15) is 17.5 Å². The lowest BCUT2D eigenvalue weighted by Crippen LogP contribution is -2.45. The molecule has 7 nitrogen and oxygen atoms in total. The van der Waals surface area contributed by atoms with E-state index in [0.717, 1.165) is 24.5 Å². The fraction of sp³-hybridized carbons (Fsp3) is 0.414. The Hall–Kier alpha value is -3.59. The summed E-state index contributed by atoms with van der Waals surface area (Å²) in [6, 6.07) is 7.28. The van der Waals surface area contributed by atoms with Crippen LogP contribution in [0.2, 0.25) is 0 Å². The standard InChI is InChI=1S/C29H36F2N4O3/c1-4-10-35(11-5-2)29(38)22-13-19(3)12-21(17-22)28(37)34-25(16-20-14-23(30)18-24(31)15-20)26(36)6-7-27-32-8-9-33-27/h8-9,12-15,17-18,25-26,36H,4-7,10-11,16H2,1-3H3,(H,32,33)(H,34,37). The molecule has 3 rings (SSSR count). The molecule has 1 heterocycles. The number of aromatic nitrogens is 2. The number of aryl methyl sites for hydroxylation is 2. The second-order valence-corrected chi connectivity index (χ2v) is 9.58. The van der Waals surface area contributed by atoms with Crippen molar-refractivity contribution in [2.75, 3.05) is 13.1 Å². The predicted octanol–water partition coefficient (Wildman–Crippen LogP) is 4.59. The molecule has 0 aliphatic carbocycles. The van der Waals surface area contributed by atoms with Crippen LogP contribution < -0.4 is 5.32 Å². The lowest BCUT2D eigenvalue weighted by atomic mass is 9.97. The highest BCUT2D eigenvalue weighted by molar-refractivity contribution is 6.00. The molecule has 204 valence electrons. The summed E-state index contributed by atoms with van der Waals surface area (Å²) in [7, 11) is 0. The number of nitrogens with one attached hydrogen (secondary N) is 2. The summed E-state index contributed by atoms with van der Waals surface area (Å²) in [5.74, 6) is -1.42. The molecule has 38 heavy (non-hydrogen) atoms. The third-order valence-corrected chi connectivity index (χ3v) is 6.25. The highest BCUT2D eigenvalue weighted by atomic mass is 19.1. The molecule has 0 bridgehead atoms. The van der Waals surface area contributed by atoms with E-state index in [1.54, 1.807) is 35.5 Å². The Morgan fingerprint density at radius 2 is 1.68 bits per heavy atom. The van der Waals surface area contributed by atoms with Crippen molar-refractivity contribution in [2.45, 2.75) is 65.0 Å². The molecular weight excluding hydrogens is 490 g/mol. The topological polar surface area (TPSA) is 98.3 Å². The number of aromatic amines is 1. The fourth-order valence-corrected chi connectivity index (χ4v) is 4.51. The van der Waals surface area contributed by atoms with Gasteiger partial charge in [-0.25, -0.2) is 13.8 Å². The lowest BCUT2D eigenvalue weighted by molar-refractivity contribution is 0.0755. The zero-order valence-electron chi connectivity index (χ0n) is 22.1. The van der Waals surface area contributed by atoms with Crippen LogP contribution in [-0.4, -0.2) is 57.0 Å². The van der Waals surface area contributed by atoms with Crippen molar-refractivity contribution >= 4 is 11.8 Å². The van der Waals surface area contributed by atoms with Crippen LogP contribution in [0.1, 0.15) is 70.8 Å². The van der Waals surface area contributed by atoms with Gasteiger partial charge in [-0.3, -0.25) is 9.59 Å². The Morgan fingerprint density at radius 3 is 2.29 bits per heavy atom. The van der Waals surface area contributed by atoms with Gasteiger partial charge in [-0.15, -0.1) is 0 Å². The molecule has 0 radical (unpaired) electrons. The number of benzene rings is 2. The van der Waals surface area contributed by atoms with Crippen LogP contribution in [0.15, 0.2) is 48.8 Å². The molecule has 2 amide bonds. The number of aliphatic hydroxyl groups is 1. The predicted molar refractivity (Wildman–Crippen MR) is 142 cm³/mol. The summed E-state index contributed by atoms with van der Waals surface area (Å²) in [4.78, 5) is 35.4. The van der Waals surface area contributed by atoms with Crippen molar-refractivity contribution in [3.05, 3.63) is 88.5 Å². The third-order valence-electron chi connectivity index (χ3n) is 6.25. The maximum atomic E-state index is 13.8. The van der Waals surface area contributed by atoms with Gasteiger partial charge in [0.2, 0.25) is 0 Å². The highest BCUT2D eigenvalue weighted by Crippen LogP contribution is 2.17. The number of amides is 2. The SMILES string of the molecule is CCCN(CCC)C(=O)c1cc(C)cc(C(=O)NC(Cc2cc(F)cc(F)c2)C(O)CCc2ncc[nH]2)c1. The lowest BCUT2D eigenvalue weighted by Gasteiger charge is -2.25. The normalized spacial score (nSPS) is 12.7. The van der Waals surface area contributed by atoms with Crippen LogP contribution in [0.3, 0.4) is 0 Å². The van der Waals surface area contributed by atoms with Gasteiger partial charge in [0, 0.05) is 49.1 Å². The van der Waals surface area contributed by atoms with Crippen molar-refractivity contribution in [3.8, 4) is 0 Å². The molecular formula is C29H36F2N4O3. The molecule has 3 N–H and O–H groups in total. The van der Waals surface area contributed by atoms with Crippen molar-refractivity contribution in [1.29, 1.82) is 0 Å². The average molecular weight is 527 g/mol. The van der Waals surface area contributed by atoms with Crippen molar-refractivity contribution in [2.24, 2.45) is 0 Å². The first-order chi connectivity index (χ1) is 18.2. The smallest absolute Gasteiger partial charge is 0.253 e. The number of carbonyl (C=O) groups excluding carboxylic acids is 2. The van der Waals surface area contributed by atoms with Gasteiger partial charge in [0.15, 0.2) is 0 Å². The first kappa shape index (κ1) is 29.0. The maximum Gasteiger partial charge on any atom is 0.253 e. The van der Waals surface area contributed by atoms with E-state index in [1.807, 2.05) is 20.8 Å². The van der Waals surface area contributed by atoms with E-state index < -0.39 is 29.7 Å². The summed E-state index contributed by atoms with van der Waals surface area (Å²) in [6.45, 7) is 7.06. The molecule has 1 aromatic heterocycles. The minimum atomic E-state index is -1.02. The zero-order chi connectivity index (χ0) is 27.7. The maximum absolute atomic E-state index is 13.8. The van der Waals surface area contributed by atoms with E-state index in [-0.39, 0.29) is 24.3 Å². The number of nitrogens with zero attached hydrogens (tertiary/aromatic N) is 2. The molecule has 2 aromatic carbocycles. The summed E-state index contributed by atoms with van der Waals surface area (Å²) >= 11 is 0. The van der Waals surface area contributed by atoms with E-state index in [1.165, 1.54) is 12.1 Å². The van der Waals surface area contributed by atoms with Crippen LogP contribution in [0.4, 0.5) is 8.78 Å². The molecule has 0 fully saturated rings. The Kier molecular flexibility index (Phi) is 10.5. The highest BCUT2D eigenvalue weighted by Gasteiger charge is 2.24. The average Bonchev–Trinajstić information content (AvgIpc) is 3.39. The molecule has 2 unspecified atom stereocenters. The number of H-pyrrole nitrogens is 1. The molecule has 0 aliphatic rings. The summed E-state index contributed by atoms with van der Waals surface area (Å²) in [5, 5.41) is 13.8. The summed E-state index contributed by atoms with van der Waals surface area (Å²) < 4.78 is 27.7. The molecule has 0 spiro atoms. The van der Waals surface area contributed by atoms with Gasteiger partial charge >= 0.3 is 0 Å². The monoisotopic (exact) mass is 526 g/mol. The number of carbonyl (C=O) groups is 2. The van der Waals surface area contributed by atoms with Crippen molar-refractivity contribution in [1.82, 2.24) is 20.2 Å². The molecule has 0 saturated carbocycles. The Morgan fingerprint density at radius 1 is 1.03 bits per heavy atom. The van der Waals surface area contributed by atoms with Crippen molar-refractivity contribution < 1.29 is 23.5 Å². The number of rotatable bonds is 13. The molecule has 0 saturated heterocycles. The summed E-state index contributed by atoms with van der Waals surface area (Å²) in [6.07, 6.45) is 4.60. The van der Waals surface area contributed by atoms with Gasteiger partial charge in [0.25, 0.3) is 11.8 Å². The van der Waals surface area contributed by atoms with Gasteiger partial charge in [-0.2, -0.15) is 0 Å². The zero-order valence-corrected chi connectivity index (χ0v) is 22.1. The Labute approximate surface area is 222 Å². The van der Waals surface area contributed by atoms with Crippen LogP contribution >= 0.6 is 0 Å². The number of hydrogen-bond acceptors (Lipinski definition) is 4. The number of halogens is 2. The molecule has 0 aliphatic heterocycles. The van der Waals surface area contributed by atoms with E-state index in [4.69, 9.17) is 0 Å². The first-order valence-electron chi connectivity index (χ1n) is 13.0. The van der Waals surface area contributed by atoms with Crippen LogP contribution in [-0.2, 0) is 12.8 Å². The van der Waals surface area contributed by atoms with E-state index >= 15 is 0 Å².